The van der Waals surface area contributed by atoms with Gasteiger partial charge in [0.1, 0.15) is 11.5 Å². The summed E-state index contributed by atoms with van der Waals surface area (Å²) in [6.07, 6.45) is 1.11. The van der Waals surface area contributed by atoms with Crippen LogP contribution in [0.2, 0.25) is 0 Å². The molecular weight excluding hydrogens is 440 g/mol. The number of amides is 1. The van der Waals surface area contributed by atoms with Crippen molar-refractivity contribution in [3.05, 3.63) is 76.6 Å². The number of ketones is 1. The number of hydrogen-bond donors (Lipinski definition) is 2. The number of benzene rings is 2. The van der Waals surface area contributed by atoms with Gasteiger partial charge < -0.3 is 20.1 Å². The third-order valence-corrected chi connectivity index (χ3v) is 6.43. The van der Waals surface area contributed by atoms with Crippen molar-refractivity contribution in [2.24, 2.45) is 5.41 Å². The van der Waals surface area contributed by atoms with Gasteiger partial charge in [-0.15, -0.1) is 0 Å². The van der Waals surface area contributed by atoms with Crippen LogP contribution in [0.25, 0.3) is 0 Å². The third-order valence-electron chi connectivity index (χ3n) is 6.43. The van der Waals surface area contributed by atoms with Gasteiger partial charge >= 0.3 is 0 Å². The van der Waals surface area contributed by atoms with Gasteiger partial charge in [-0.2, -0.15) is 0 Å². The quantitative estimate of drug-likeness (QED) is 0.560. The van der Waals surface area contributed by atoms with Crippen molar-refractivity contribution in [3.63, 3.8) is 0 Å². The van der Waals surface area contributed by atoms with E-state index in [1.54, 1.807) is 19.2 Å². The summed E-state index contributed by atoms with van der Waals surface area (Å²) in [4.78, 5) is 27.4. The second-order valence-electron chi connectivity index (χ2n) is 10.3. The highest BCUT2D eigenvalue weighted by molar-refractivity contribution is 6.10. The molecule has 0 unspecified atom stereocenters. The molecule has 0 radical (unpaired) electrons. The molecule has 0 saturated carbocycles. The molecule has 1 aliphatic carbocycles. The number of dihydropyridines is 1. The molecule has 6 nitrogen and oxygen atoms in total. The Morgan fingerprint density at radius 2 is 1.71 bits per heavy atom. The van der Waals surface area contributed by atoms with Gasteiger partial charge in [-0.1, -0.05) is 44.2 Å². The summed E-state index contributed by atoms with van der Waals surface area (Å²) in [5.41, 5.74) is 4.00. The summed E-state index contributed by atoms with van der Waals surface area (Å²) < 4.78 is 11.6. The number of rotatable bonds is 6. The second kappa shape index (κ2) is 9.61. The number of Topliss-reactive ketones (excluding diaryl/α,β-unsaturated/α-hetero) is 1. The van der Waals surface area contributed by atoms with Crippen LogP contribution in [0.1, 0.15) is 58.9 Å². The molecule has 2 N–H and O–H groups in total. The number of ether oxygens (including phenoxy) is 2. The zero-order valence-electron chi connectivity index (χ0n) is 21.3. The van der Waals surface area contributed by atoms with Gasteiger partial charge in [-0.3, -0.25) is 9.59 Å². The second-order valence-corrected chi connectivity index (χ2v) is 10.3. The van der Waals surface area contributed by atoms with Crippen molar-refractivity contribution >= 4 is 17.4 Å². The van der Waals surface area contributed by atoms with Gasteiger partial charge in [-0.25, -0.2) is 0 Å². The molecule has 0 bridgehead atoms. The van der Waals surface area contributed by atoms with Crippen LogP contribution < -0.4 is 20.1 Å². The normalized spacial score (nSPS) is 19.3. The van der Waals surface area contributed by atoms with E-state index < -0.39 is 5.92 Å². The van der Waals surface area contributed by atoms with Crippen LogP contribution in [0, 0.1) is 5.41 Å². The molecule has 1 amide bonds. The molecule has 0 saturated heterocycles. The van der Waals surface area contributed by atoms with Crippen LogP contribution in [0.15, 0.2) is 71.1 Å². The fourth-order valence-electron chi connectivity index (χ4n) is 5.07. The molecule has 2 aliphatic rings. The number of carbonyl (C=O) groups excluding carboxylic acids is 2. The lowest BCUT2D eigenvalue weighted by Gasteiger charge is -2.40. The Kier molecular flexibility index (Phi) is 6.75. The third kappa shape index (κ3) is 4.97. The van der Waals surface area contributed by atoms with Crippen molar-refractivity contribution in [2.75, 3.05) is 12.4 Å². The predicted molar refractivity (Wildman–Crippen MR) is 137 cm³/mol. The molecule has 1 heterocycles. The largest absolute Gasteiger partial charge is 0.495 e. The van der Waals surface area contributed by atoms with Crippen molar-refractivity contribution in [2.45, 2.75) is 59.5 Å². The van der Waals surface area contributed by atoms with Gasteiger partial charge in [0.05, 0.1) is 24.8 Å². The van der Waals surface area contributed by atoms with E-state index in [2.05, 4.69) is 24.5 Å². The van der Waals surface area contributed by atoms with Crippen LogP contribution in [-0.4, -0.2) is 24.9 Å². The summed E-state index contributed by atoms with van der Waals surface area (Å²) in [5, 5.41) is 6.43. The Balaban J connectivity index is 1.86. The maximum atomic E-state index is 13.8. The van der Waals surface area contributed by atoms with Crippen LogP contribution >= 0.6 is 0 Å². The van der Waals surface area contributed by atoms with E-state index in [-0.39, 0.29) is 23.2 Å². The van der Waals surface area contributed by atoms with Crippen LogP contribution in [0.3, 0.4) is 0 Å². The van der Waals surface area contributed by atoms with Gasteiger partial charge in [0.25, 0.3) is 5.91 Å². The molecule has 1 aliphatic heterocycles. The Labute approximate surface area is 207 Å². The van der Waals surface area contributed by atoms with E-state index in [9.17, 15) is 9.59 Å². The Morgan fingerprint density at radius 1 is 1.06 bits per heavy atom. The molecule has 4 rings (SSSR count). The minimum absolute atomic E-state index is 0.0526. The van der Waals surface area contributed by atoms with E-state index >= 15 is 0 Å². The zero-order chi connectivity index (χ0) is 25.3. The predicted octanol–water partition coefficient (Wildman–Crippen LogP) is 5.73. The average Bonchev–Trinajstić information content (AvgIpc) is 2.77. The van der Waals surface area contributed by atoms with Crippen molar-refractivity contribution in [1.29, 1.82) is 0 Å². The fourth-order valence-corrected chi connectivity index (χ4v) is 5.07. The first-order valence-corrected chi connectivity index (χ1v) is 12.1. The monoisotopic (exact) mass is 474 g/mol. The minimum atomic E-state index is -0.542. The summed E-state index contributed by atoms with van der Waals surface area (Å²) in [5.74, 6) is 0.475. The molecule has 35 heavy (non-hydrogen) atoms. The van der Waals surface area contributed by atoms with Crippen molar-refractivity contribution < 1.29 is 19.1 Å². The Bertz CT molecular complexity index is 1220. The lowest BCUT2D eigenvalue weighted by molar-refractivity contribution is -0.118. The number of anilines is 1. The lowest BCUT2D eigenvalue weighted by atomic mass is 9.68. The Hall–Kier alpha value is -3.54. The van der Waals surface area contributed by atoms with Crippen LogP contribution in [0.4, 0.5) is 5.69 Å². The van der Waals surface area contributed by atoms with Gasteiger partial charge in [0.15, 0.2) is 5.78 Å². The van der Waals surface area contributed by atoms with Gasteiger partial charge in [0.2, 0.25) is 0 Å². The van der Waals surface area contributed by atoms with Crippen molar-refractivity contribution in [1.82, 2.24) is 5.32 Å². The van der Waals surface area contributed by atoms with Crippen LogP contribution in [0.5, 0.6) is 11.5 Å². The highest BCUT2D eigenvalue weighted by Crippen LogP contribution is 2.48. The van der Waals surface area contributed by atoms with Crippen molar-refractivity contribution in [3.8, 4) is 11.5 Å². The average molecular weight is 475 g/mol. The lowest BCUT2D eigenvalue weighted by Crippen LogP contribution is -2.39. The van der Waals surface area contributed by atoms with E-state index in [1.165, 1.54) is 0 Å². The summed E-state index contributed by atoms with van der Waals surface area (Å²) in [7, 11) is 1.57. The summed E-state index contributed by atoms with van der Waals surface area (Å²) in [6.45, 7) is 10.0. The fraction of sp³-hybridized carbons (Fsp3) is 0.379. The van der Waals surface area contributed by atoms with E-state index in [4.69, 9.17) is 9.47 Å². The molecule has 184 valence electrons. The topological polar surface area (TPSA) is 76.7 Å². The number of carbonyl (C=O) groups is 2. The summed E-state index contributed by atoms with van der Waals surface area (Å²) >= 11 is 0. The molecular formula is C29H34N2O4. The number of allylic oxidation sites excluding steroid dienone is 3. The number of para-hydroxylation sites is 3. The van der Waals surface area contributed by atoms with E-state index in [1.807, 2.05) is 57.2 Å². The number of hydrogen-bond acceptors (Lipinski definition) is 5. The molecule has 2 aromatic carbocycles. The minimum Gasteiger partial charge on any atom is -0.495 e. The SMILES string of the molecule is COc1ccccc1NC(=O)C1=C(C)NC2=C(C(=O)CC(C)(C)C2)[C@@H]1c1ccccc1OC(C)C. The molecule has 0 aromatic heterocycles. The smallest absolute Gasteiger partial charge is 0.254 e. The highest BCUT2D eigenvalue weighted by Gasteiger charge is 2.43. The first kappa shape index (κ1) is 24.6. The molecule has 0 fully saturated rings. The van der Waals surface area contributed by atoms with Gasteiger partial charge in [-0.05, 0) is 50.8 Å². The first-order chi connectivity index (χ1) is 16.6. The number of methoxy groups -OCH3 is 1. The standard InChI is InChI=1S/C29H34N2O4/c1-17(2)35-23-13-9-7-11-19(23)26-25(28(33)31-20-12-8-10-14-24(20)34-6)18(3)30-21-15-29(4,5)16-22(32)27(21)26/h7-14,17,26,30H,15-16H2,1-6H3,(H,31,33)/t26-/m1/s1. The van der Waals surface area contributed by atoms with Gasteiger partial charge in [0, 0.05) is 34.5 Å². The maximum absolute atomic E-state index is 13.8. The molecule has 1 atom stereocenters. The maximum Gasteiger partial charge on any atom is 0.254 e. The molecule has 2 aromatic rings. The van der Waals surface area contributed by atoms with Crippen LogP contribution in [-0.2, 0) is 9.59 Å². The zero-order valence-corrected chi connectivity index (χ0v) is 21.3. The van der Waals surface area contributed by atoms with E-state index in [0.29, 0.717) is 34.8 Å². The molecule has 6 heteroatoms. The Morgan fingerprint density at radius 3 is 2.40 bits per heavy atom. The van der Waals surface area contributed by atoms with E-state index in [0.717, 1.165) is 23.4 Å². The summed E-state index contributed by atoms with van der Waals surface area (Å²) in [6, 6.07) is 15.0. The molecule has 0 spiro atoms. The number of nitrogens with one attached hydrogen (secondary N) is 2. The first-order valence-electron chi connectivity index (χ1n) is 12.1. The highest BCUT2D eigenvalue weighted by atomic mass is 16.5.